The maximum atomic E-state index is 13.3. The summed E-state index contributed by atoms with van der Waals surface area (Å²) in [4.78, 5) is 25.2. The molecule has 2 aromatic rings. The number of carbonyl (C=O) groups excluding carboxylic acids is 2. The molecule has 0 heterocycles. The van der Waals surface area contributed by atoms with Gasteiger partial charge in [-0.05, 0) is 42.5 Å². The fraction of sp³-hybridized carbons (Fsp3) is 0.222. The number of nitrogens with zero attached hydrogens (tertiary/aromatic N) is 1. The second-order valence-corrected chi connectivity index (χ2v) is 5.18. The van der Waals surface area contributed by atoms with Crippen molar-refractivity contribution in [2.45, 2.75) is 13.3 Å². The van der Waals surface area contributed by atoms with Crippen molar-refractivity contribution in [2.75, 3.05) is 23.9 Å². The molecule has 0 aliphatic heterocycles. The van der Waals surface area contributed by atoms with Crippen molar-refractivity contribution in [3.8, 4) is 5.75 Å². The zero-order chi connectivity index (χ0) is 17.5. The highest BCUT2D eigenvalue weighted by Crippen LogP contribution is 2.17. The molecule has 0 aliphatic rings. The number of rotatable bonds is 6. The Hall–Kier alpha value is -2.89. The third-order valence-corrected chi connectivity index (χ3v) is 3.44. The molecular weight excluding hydrogens is 311 g/mol. The van der Waals surface area contributed by atoms with Crippen LogP contribution >= 0.6 is 0 Å². The Morgan fingerprint density at radius 2 is 1.88 bits per heavy atom. The van der Waals surface area contributed by atoms with Gasteiger partial charge in [0.1, 0.15) is 11.6 Å². The van der Waals surface area contributed by atoms with Crippen molar-refractivity contribution in [2.24, 2.45) is 0 Å². The number of hydrogen-bond acceptors (Lipinski definition) is 3. The molecule has 0 radical (unpaired) electrons. The van der Waals surface area contributed by atoms with Gasteiger partial charge in [0.2, 0.25) is 11.8 Å². The molecule has 0 saturated carbocycles. The number of anilines is 2. The molecule has 0 aromatic heterocycles. The Bertz CT molecular complexity index is 716. The molecular formula is C18H19FN2O3. The average molecular weight is 330 g/mol. The molecule has 5 nitrogen and oxygen atoms in total. The Labute approximate surface area is 140 Å². The minimum atomic E-state index is -0.429. The first-order valence-corrected chi connectivity index (χ1v) is 7.47. The summed E-state index contributed by atoms with van der Waals surface area (Å²) in [6, 6.07) is 12.7. The van der Waals surface area contributed by atoms with Crippen LogP contribution < -0.4 is 15.0 Å². The molecule has 0 atom stereocenters. The van der Waals surface area contributed by atoms with Crippen molar-refractivity contribution in [1.82, 2.24) is 0 Å². The summed E-state index contributed by atoms with van der Waals surface area (Å²) in [5.41, 5.74) is 1.07. The van der Waals surface area contributed by atoms with Crippen LogP contribution in [0.15, 0.2) is 48.5 Å². The van der Waals surface area contributed by atoms with Crippen LogP contribution in [0.2, 0.25) is 0 Å². The van der Waals surface area contributed by atoms with Crippen LogP contribution in [-0.2, 0) is 9.59 Å². The summed E-state index contributed by atoms with van der Waals surface area (Å²) in [5, 5.41) is 2.74. The van der Waals surface area contributed by atoms with Gasteiger partial charge in [0, 0.05) is 31.3 Å². The molecule has 0 saturated heterocycles. The summed E-state index contributed by atoms with van der Waals surface area (Å²) in [6.07, 6.45) is 0.0993. The van der Waals surface area contributed by atoms with Gasteiger partial charge in [0.05, 0.1) is 7.11 Å². The number of methoxy groups -OCH3 is 1. The van der Waals surface area contributed by atoms with Crippen LogP contribution in [0, 0.1) is 5.82 Å². The van der Waals surface area contributed by atoms with Crippen molar-refractivity contribution in [3.63, 3.8) is 0 Å². The van der Waals surface area contributed by atoms with Gasteiger partial charge in [-0.15, -0.1) is 0 Å². The molecule has 0 aliphatic carbocycles. The van der Waals surface area contributed by atoms with E-state index in [0.717, 1.165) is 0 Å². The summed E-state index contributed by atoms with van der Waals surface area (Å²) < 4.78 is 18.4. The lowest BCUT2D eigenvalue weighted by Gasteiger charge is -2.21. The standard InChI is InChI=1S/C18H19FN2O3/c1-13(22)21(16-5-3-4-14(19)12-16)11-10-18(23)20-15-6-8-17(24-2)9-7-15/h3-9,12H,10-11H2,1-2H3,(H,20,23). The van der Waals surface area contributed by atoms with E-state index in [0.29, 0.717) is 17.1 Å². The molecule has 0 unspecified atom stereocenters. The van der Waals surface area contributed by atoms with E-state index in [1.54, 1.807) is 37.4 Å². The lowest BCUT2D eigenvalue weighted by molar-refractivity contribution is -0.117. The van der Waals surface area contributed by atoms with Crippen LogP contribution in [-0.4, -0.2) is 25.5 Å². The zero-order valence-electron chi connectivity index (χ0n) is 13.6. The van der Waals surface area contributed by atoms with Crippen LogP contribution in [0.3, 0.4) is 0 Å². The number of carbonyl (C=O) groups is 2. The Morgan fingerprint density at radius 3 is 2.46 bits per heavy atom. The predicted octanol–water partition coefficient (Wildman–Crippen LogP) is 3.22. The monoisotopic (exact) mass is 330 g/mol. The molecule has 24 heavy (non-hydrogen) atoms. The van der Waals surface area contributed by atoms with E-state index in [4.69, 9.17) is 4.74 Å². The minimum absolute atomic E-state index is 0.0993. The molecule has 0 bridgehead atoms. The highest BCUT2D eigenvalue weighted by Gasteiger charge is 2.14. The number of hydrogen-bond donors (Lipinski definition) is 1. The fourth-order valence-corrected chi connectivity index (χ4v) is 2.22. The highest BCUT2D eigenvalue weighted by molar-refractivity contribution is 5.94. The largest absolute Gasteiger partial charge is 0.497 e. The van der Waals surface area contributed by atoms with Gasteiger partial charge >= 0.3 is 0 Å². The quantitative estimate of drug-likeness (QED) is 0.885. The fourth-order valence-electron chi connectivity index (χ4n) is 2.22. The lowest BCUT2D eigenvalue weighted by atomic mass is 10.2. The first kappa shape index (κ1) is 17.5. The normalized spacial score (nSPS) is 10.1. The second kappa shape index (κ2) is 8.10. The van der Waals surface area contributed by atoms with E-state index in [2.05, 4.69) is 5.32 Å². The first-order chi connectivity index (χ1) is 11.5. The maximum absolute atomic E-state index is 13.3. The van der Waals surface area contributed by atoms with Gasteiger partial charge < -0.3 is 15.0 Å². The summed E-state index contributed by atoms with van der Waals surface area (Å²) in [6.45, 7) is 1.55. The van der Waals surface area contributed by atoms with E-state index >= 15 is 0 Å². The molecule has 6 heteroatoms. The molecule has 2 aromatic carbocycles. The summed E-state index contributed by atoms with van der Waals surface area (Å²) in [7, 11) is 1.57. The van der Waals surface area contributed by atoms with Crippen molar-refractivity contribution >= 4 is 23.2 Å². The minimum Gasteiger partial charge on any atom is -0.497 e. The molecule has 1 N–H and O–H groups in total. The van der Waals surface area contributed by atoms with Gasteiger partial charge in [0.15, 0.2) is 0 Å². The molecule has 2 rings (SSSR count). The number of benzene rings is 2. The Balaban J connectivity index is 1.96. The number of halogens is 1. The van der Waals surface area contributed by atoms with E-state index in [-0.39, 0.29) is 24.8 Å². The third-order valence-electron chi connectivity index (χ3n) is 3.44. The van der Waals surface area contributed by atoms with Gasteiger partial charge in [-0.25, -0.2) is 4.39 Å². The lowest BCUT2D eigenvalue weighted by Crippen LogP contribution is -2.32. The van der Waals surface area contributed by atoms with E-state index in [1.807, 2.05) is 0 Å². The van der Waals surface area contributed by atoms with E-state index in [9.17, 15) is 14.0 Å². The number of ether oxygens (including phenoxy) is 1. The van der Waals surface area contributed by atoms with Crippen LogP contribution in [0.5, 0.6) is 5.75 Å². The molecule has 0 spiro atoms. The van der Waals surface area contributed by atoms with Gasteiger partial charge in [-0.1, -0.05) is 6.07 Å². The topological polar surface area (TPSA) is 58.6 Å². The van der Waals surface area contributed by atoms with Crippen molar-refractivity contribution in [1.29, 1.82) is 0 Å². The van der Waals surface area contributed by atoms with Gasteiger partial charge in [-0.3, -0.25) is 9.59 Å². The van der Waals surface area contributed by atoms with Crippen LogP contribution in [0.4, 0.5) is 15.8 Å². The summed E-state index contributed by atoms with van der Waals surface area (Å²) in [5.74, 6) is -0.219. The molecule has 2 amide bonds. The summed E-state index contributed by atoms with van der Waals surface area (Å²) >= 11 is 0. The van der Waals surface area contributed by atoms with Crippen LogP contribution in [0.25, 0.3) is 0 Å². The molecule has 126 valence electrons. The van der Waals surface area contributed by atoms with E-state index in [1.165, 1.54) is 30.0 Å². The maximum Gasteiger partial charge on any atom is 0.226 e. The smallest absolute Gasteiger partial charge is 0.226 e. The average Bonchev–Trinajstić information content (AvgIpc) is 2.55. The van der Waals surface area contributed by atoms with Crippen LogP contribution in [0.1, 0.15) is 13.3 Å². The number of nitrogens with one attached hydrogen (secondary N) is 1. The zero-order valence-corrected chi connectivity index (χ0v) is 13.6. The SMILES string of the molecule is COc1ccc(NC(=O)CCN(C(C)=O)c2cccc(F)c2)cc1. The Kier molecular flexibility index (Phi) is 5.89. The first-order valence-electron chi connectivity index (χ1n) is 7.47. The Morgan fingerprint density at radius 1 is 1.17 bits per heavy atom. The third kappa shape index (κ3) is 4.81. The van der Waals surface area contributed by atoms with Gasteiger partial charge in [0.25, 0.3) is 0 Å². The van der Waals surface area contributed by atoms with Crippen molar-refractivity contribution < 1.29 is 18.7 Å². The van der Waals surface area contributed by atoms with Crippen molar-refractivity contribution in [3.05, 3.63) is 54.3 Å². The highest BCUT2D eigenvalue weighted by atomic mass is 19.1. The van der Waals surface area contributed by atoms with Gasteiger partial charge in [-0.2, -0.15) is 0 Å². The molecule has 0 fully saturated rings. The van der Waals surface area contributed by atoms with E-state index < -0.39 is 5.82 Å². The number of amides is 2. The predicted molar refractivity (Wildman–Crippen MR) is 90.7 cm³/mol. The second-order valence-electron chi connectivity index (χ2n) is 5.18.